The van der Waals surface area contributed by atoms with Gasteiger partial charge in [-0.15, -0.1) is 13.2 Å². The van der Waals surface area contributed by atoms with Crippen molar-refractivity contribution in [2.45, 2.75) is 32.2 Å². The van der Waals surface area contributed by atoms with Crippen LogP contribution in [0.4, 0.5) is 18.9 Å². The minimum absolute atomic E-state index is 0.130. The zero-order valence-electron chi connectivity index (χ0n) is 20.2. The second-order valence-electron chi connectivity index (χ2n) is 9.03. The van der Waals surface area contributed by atoms with Crippen molar-refractivity contribution in [3.05, 3.63) is 93.9 Å². The lowest BCUT2D eigenvalue weighted by Gasteiger charge is -2.27. The normalized spacial score (nSPS) is 18.0. The number of ketones is 2. The van der Waals surface area contributed by atoms with Gasteiger partial charge in [-0.25, -0.2) is 0 Å². The third kappa shape index (κ3) is 5.04. The quantitative estimate of drug-likeness (QED) is 0.275. The molecule has 1 aliphatic rings. The van der Waals surface area contributed by atoms with E-state index in [0.29, 0.717) is 0 Å². The fourth-order valence-corrected chi connectivity index (χ4v) is 4.38. The van der Waals surface area contributed by atoms with E-state index < -0.39 is 47.1 Å². The first-order chi connectivity index (χ1) is 17.4. The Bertz CT molecular complexity index is 1410. The van der Waals surface area contributed by atoms with E-state index in [1.807, 2.05) is 13.8 Å². The van der Waals surface area contributed by atoms with Crippen molar-refractivity contribution in [3.8, 4) is 5.75 Å². The minimum atomic E-state index is -4.91. The van der Waals surface area contributed by atoms with Crippen molar-refractivity contribution in [1.29, 1.82) is 0 Å². The zero-order chi connectivity index (χ0) is 27.1. The van der Waals surface area contributed by atoms with Crippen molar-refractivity contribution in [2.24, 2.45) is 13.0 Å². The largest absolute Gasteiger partial charge is 0.573 e. The molecule has 1 aromatic heterocycles. The van der Waals surface area contributed by atoms with Crippen molar-refractivity contribution < 1.29 is 32.3 Å². The molecule has 1 amide bonds. The van der Waals surface area contributed by atoms with Gasteiger partial charge in [0.15, 0.2) is 5.78 Å². The van der Waals surface area contributed by atoms with Crippen LogP contribution in [-0.4, -0.2) is 28.4 Å². The molecule has 1 aliphatic heterocycles. The van der Waals surface area contributed by atoms with Crippen molar-refractivity contribution >= 4 is 23.2 Å². The van der Waals surface area contributed by atoms with Gasteiger partial charge in [0.1, 0.15) is 17.4 Å². The second-order valence-corrected chi connectivity index (χ2v) is 9.03. The molecule has 0 spiro atoms. The predicted molar refractivity (Wildman–Crippen MR) is 128 cm³/mol. The number of alkyl halides is 3. The first-order valence-corrected chi connectivity index (χ1v) is 11.4. The number of carbonyl (C=O) groups excluding carboxylic acids is 3. The number of benzene rings is 2. The van der Waals surface area contributed by atoms with Crippen LogP contribution in [-0.2, 0) is 16.6 Å². The van der Waals surface area contributed by atoms with Gasteiger partial charge in [0.2, 0.25) is 5.78 Å². The molecule has 0 bridgehead atoms. The lowest BCUT2D eigenvalue weighted by molar-refractivity contribution is -0.274. The minimum Gasteiger partial charge on any atom is -0.406 e. The molecule has 2 atom stereocenters. The van der Waals surface area contributed by atoms with Gasteiger partial charge in [-0.3, -0.25) is 24.1 Å². The molecule has 0 N–H and O–H groups in total. The summed E-state index contributed by atoms with van der Waals surface area (Å²) < 4.78 is 43.1. The van der Waals surface area contributed by atoms with Crippen LogP contribution in [0.25, 0.3) is 0 Å². The lowest BCUT2D eigenvalue weighted by Crippen LogP contribution is -2.36. The van der Waals surface area contributed by atoms with E-state index in [4.69, 9.17) is 0 Å². The van der Waals surface area contributed by atoms with Crippen LogP contribution in [0.5, 0.6) is 5.75 Å². The molecule has 0 saturated carbocycles. The van der Waals surface area contributed by atoms with E-state index in [1.165, 1.54) is 42.1 Å². The number of nitrogens with zero attached hydrogens (tertiary/aromatic N) is 2. The molecule has 2 unspecified atom stereocenters. The van der Waals surface area contributed by atoms with E-state index in [1.54, 1.807) is 24.3 Å². The Balaban J connectivity index is 1.83. The Morgan fingerprint density at radius 1 is 0.946 bits per heavy atom. The molecule has 0 radical (unpaired) electrons. The molecule has 10 heteroatoms. The summed E-state index contributed by atoms with van der Waals surface area (Å²) in [6, 6.07) is 12.8. The number of aromatic nitrogens is 1. The maximum absolute atomic E-state index is 13.6. The number of halogens is 3. The fraction of sp³-hybridized carbons (Fsp3) is 0.259. The summed E-state index contributed by atoms with van der Waals surface area (Å²) in [6.07, 6.45) is -3.45. The summed E-state index contributed by atoms with van der Waals surface area (Å²) in [5, 5.41) is 0. The number of ether oxygens (including phenoxy) is 1. The number of hydrogen-bond donors (Lipinski definition) is 0. The fourth-order valence-electron chi connectivity index (χ4n) is 4.38. The third-order valence-corrected chi connectivity index (χ3v) is 6.27. The Kier molecular flexibility index (Phi) is 6.77. The SMILES string of the molecule is CC(C)c1ccc(C(=O)C2C(=O)C(=O)N(c3cccn(C)c3=O)C2c2ccc(OC(F)(F)F)cc2)cc1. The van der Waals surface area contributed by atoms with Crippen molar-refractivity contribution in [2.75, 3.05) is 4.90 Å². The van der Waals surface area contributed by atoms with Gasteiger partial charge in [0, 0.05) is 18.8 Å². The highest BCUT2D eigenvalue weighted by Crippen LogP contribution is 2.41. The van der Waals surface area contributed by atoms with Crippen LogP contribution >= 0.6 is 0 Å². The van der Waals surface area contributed by atoms with Crippen LogP contribution in [0.1, 0.15) is 47.3 Å². The second kappa shape index (κ2) is 9.68. The van der Waals surface area contributed by atoms with Gasteiger partial charge in [-0.05, 0) is 41.3 Å². The number of hydrogen-bond acceptors (Lipinski definition) is 5. The first kappa shape index (κ1) is 25.9. The molecule has 4 rings (SSSR count). The highest BCUT2D eigenvalue weighted by atomic mass is 19.4. The number of rotatable bonds is 6. The smallest absolute Gasteiger partial charge is 0.406 e. The first-order valence-electron chi connectivity index (χ1n) is 11.4. The average Bonchev–Trinajstić information content (AvgIpc) is 3.10. The lowest BCUT2D eigenvalue weighted by atomic mass is 9.85. The third-order valence-electron chi connectivity index (χ3n) is 6.27. The number of aryl methyl sites for hydroxylation is 1. The van der Waals surface area contributed by atoms with Crippen LogP contribution in [0.2, 0.25) is 0 Å². The highest BCUT2D eigenvalue weighted by Gasteiger charge is 2.53. The van der Waals surface area contributed by atoms with Crippen LogP contribution in [0.3, 0.4) is 0 Å². The number of amides is 1. The molecule has 37 heavy (non-hydrogen) atoms. The molecule has 3 aromatic rings. The van der Waals surface area contributed by atoms with Crippen LogP contribution in [0, 0.1) is 5.92 Å². The molecular weight excluding hydrogens is 489 g/mol. The molecular formula is C27H23F3N2O5. The number of pyridine rings is 1. The van der Waals surface area contributed by atoms with Crippen molar-refractivity contribution in [1.82, 2.24) is 4.57 Å². The Morgan fingerprint density at radius 3 is 2.14 bits per heavy atom. The van der Waals surface area contributed by atoms with Gasteiger partial charge in [0.25, 0.3) is 11.5 Å². The summed E-state index contributed by atoms with van der Waals surface area (Å²) in [5.74, 6) is -4.53. The molecule has 1 fully saturated rings. The predicted octanol–water partition coefficient (Wildman–Crippen LogP) is 4.56. The van der Waals surface area contributed by atoms with Gasteiger partial charge >= 0.3 is 6.36 Å². The van der Waals surface area contributed by atoms with Crippen LogP contribution in [0.15, 0.2) is 71.7 Å². The monoisotopic (exact) mass is 512 g/mol. The summed E-state index contributed by atoms with van der Waals surface area (Å²) >= 11 is 0. The highest BCUT2D eigenvalue weighted by molar-refractivity contribution is 6.49. The van der Waals surface area contributed by atoms with E-state index in [0.717, 1.165) is 22.6 Å². The van der Waals surface area contributed by atoms with Gasteiger partial charge in [-0.1, -0.05) is 50.2 Å². The molecule has 2 aromatic carbocycles. The van der Waals surface area contributed by atoms with Gasteiger partial charge in [-0.2, -0.15) is 0 Å². The topological polar surface area (TPSA) is 85.7 Å². The summed E-state index contributed by atoms with van der Waals surface area (Å²) in [5.41, 5.74) is 0.642. The molecule has 2 heterocycles. The standard InChI is InChI=1S/C27H23F3N2O5/c1-15(2)16-6-8-18(9-7-16)23(33)21-22(17-10-12-19(13-11-17)37-27(28,29)30)32(26(36)24(21)34)20-5-4-14-31(3)25(20)35/h4-15,21-22H,1-3H3. The Morgan fingerprint density at radius 2 is 1.57 bits per heavy atom. The van der Waals surface area contributed by atoms with Gasteiger partial charge < -0.3 is 9.30 Å². The number of carbonyl (C=O) groups is 3. The van der Waals surface area contributed by atoms with E-state index in [9.17, 15) is 32.3 Å². The van der Waals surface area contributed by atoms with Crippen LogP contribution < -0.4 is 15.2 Å². The summed E-state index contributed by atoms with van der Waals surface area (Å²) in [4.78, 5) is 53.8. The molecule has 1 saturated heterocycles. The molecule has 7 nitrogen and oxygen atoms in total. The van der Waals surface area contributed by atoms with Gasteiger partial charge in [0.05, 0.1) is 6.04 Å². The number of Topliss-reactive ketones (excluding diaryl/α,β-unsaturated/α-hetero) is 2. The molecule has 192 valence electrons. The average molecular weight is 512 g/mol. The maximum atomic E-state index is 13.6. The molecule has 0 aliphatic carbocycles. The zero-order valence-corrected chi connectivity index (χ0v) is 20.2. The van der Waals surface area contributed by atoms with E-state index in [2.05, 4.69) is 4.74 Å². The summed E-state index contributed by atoms with van der Waals surface area (Å²) in [6.45, 7) is 3.97. The van der Waals surface area contributed by atoms with E-state index >= 15 is 0 Å². The Hall–Kier alpha value is -4.21. The Labute approximate surface area is 210 Å². The maximum Gasteiger partial charge on any atom is 0.573 e. The number of anilines is 1. The van der Waals surface area contributed by atoms with Crippen molar-refractivity contribution in [3.63, 3.8) is 0 Å². The van der Waals surface area contributed by atoms with E-state index in [-0.39, 0.29) is 22.7 Å². The summed E-state index contributed by atoms with van der Waals surface area (Å²) in [7, 11) is 1.46.